The predicted octanol–water partition coefficient (Wildman–Crippen LogP) is 30.7. The summed E-state index contributed by atoms with van der Waals surface area (Å²) in [5, 5.41) is 18.1. The first-order valence-electron chi connectivity index (χ1n) is 34.2. The molecule has 6 heteroatoms. The lowest BCUT2D eigenvalue weighted by atomic mass is 10.0. The Kier molecular flexibility index (Phi) is 17.4. The Morgan fingerprint density at radius 1 is 0.157 bits per heavy atom. The zero-order chi connectivity index (χ0) is 67.7. The van der Waals surface area contributed by atoms with Crippen molar-refractivity contribution in [3.63, 3.8) is 0 Å². The van der Waals surface area contributed by atoms with E-state index in [0.29, 0.717) is 0 Å². The third kappa shape index (κ3) is 13.4. The van der Waals surface area contributed by atoms with E-state index >= 15 is 0 Å². The zero-order valence-electron chi connectivity index (χ0n) is 55.2. The first-order valence-corrected chi connectivity index (χ1v) is 39.1. The summed E-state index contributed by atoms with van der Waals surface area (Å²) < 4.78 is 5.50. The Hall–Kier alpha value is -11.2. The molecule has 0 amide bonds. The second-order valence-electron chi connectivity index (χ2n) is 25.6. The van der Waals surface area contributed by atoms with Gasteiger partial charge in [0.25, 0.3) is 0 Å². The molecule has 0 N–H and O–H groups in total. The van der Waals surface area contributed by atoms with Gasteiger partial charge in [-0.1, -0.05) is 279 Å². The van der Waals surface area contributed by atoms with Crippen LogP contribution in [0.3, 0.4) is 0 Å². The summed E-state index contributed by atoms with van der Waals surface area (Å²) in [7, 11) is 0. The number of rotatable bonds is 11. The van der Waals surface area contributed by atoms with Gasteiger partial charge in [0.2, 0.25) is 0 Å². The molecule has 0 aliphatic carbocycles. The van der Waals surface area contributed by atoms with E-state index in [2.05, 4.69) is 376 Å². The highest BCUT2D eigenvalue weighted by atomic mass is 32.1. The first-order chi connectivity index (χ1) is 50.4. The fourth-order valence-electron chi connectivity index (χ4n) is 13.5. The van der Waals surface area contributed by atoms with Crippen molar-refractivity contribution in [1.82, 2.24) is 0 Å². The molecule has 0 saturated heterocycles. The lowest BCUT2D eigenvalue weighted by Gasteiger charge is -2.01. The van der Waals surface area contributed by atoms with E-state index in [1.807, 2.05) is 68.0 Å². The third-order valence-corrected chi connectivity index (χ3v) is 26.4. The second kappa shape index (κ2) is 28.1. The van der Waals surface area contributed by atoms with Crippen molar-refractivity contribution in [2.75, 3.05) is 0 Å². The van der Waals surface area contributed by atoms with Crippen molar-refractivity contribution in [2.45, 2.75) is 0 Å². The lowest BCUT2D eigenvalue weighted by molar-refractivity contribution is 1.69. The van der Waals surface area contributed by atoms with Crippen LogP contribution >= 0.6 is 68.0 Å². The highest BCUT2D eigenvalue weighted by Gasteiger charge is 2.16. The van der Waals surface area contributed by atoms with E-state index < -0.39 is 0 Å². The van der Waals surface area contributed by atoms with E-state index in [1.54, 1.807) is 0 Å². The highest BCUT2D eigenvalue weighted by molar-refractivity contribution is 7.36. The van der Waals surface area contributed by atoms with Crippen LogP contribution in [0.15, 0.2) is 340 Å². The van der Waals surface area contributed by atoms with Crippen LogP contribution in [0.1, 0.15) is 33.4 Å². The molecule has 6 aromatic heterocycles. The van der Waals surface area contributed by atoms with Gasteiger partial charge in [-0.25, -0.2) is 0 Å². The Bertz CT molecular complexity index is 6210. The molecule has 20 aromatic rings. The number of thiophene rings is 6. The summed E-state index contributed by atoms with van der Waals surface area (Å²) in [6.07, 6.45) is 13.2. The van der Waals surface area contributed by atoms with Gasteiger partial charge in [-0.3, -0.25) is 0 Å². The van der Waals surface area contributed by atoms with Crippen LogP contribution in [-0.4, -0.2) is 0 Å². The molecule has 0 aliphatic heterocycles. The van der Waals surface area contributed by atoms with Crippen LogP contribution in [-0.2, 0) is 0 Å². The summed E-state index contributed by atoms with van der Waals surface area (Å²) in [5.74, 6) is 0. The number of hydrogen-bond acceptors (Lipinski definition) is 6. The molecule has 0 unspecified atom stereocenters. The average Bonchev–Trinajstić information content (AvgIpc) is 1.59. The number of fused-ring (bicyclic) bond motifs is 11. The molecule has 0 atom stereocenters. The van der Waals surface area contributed by atoms with Gasteiger partial charge in [0.05, 0.1) is 9.40 Å². The Morgan fingerprint density at radius 2 is 0.373 bits per heavy atom. The molecule has 0 spiro atoms. The minimum atomic E-state index is 1.22. The van der Waals surface area contributed by atoms with Crippen LogP contribution in [0.4, 0.5) is 0 Å². The Morgan fingerprint density at radius 3 is 0.657 bits per heavy atom. The maximum Gasteiger partial charge on any atom is 0.0542 e. The van der Waals surface area contributed by atoms with Crippen LogP contribution < -0.4 is 0 Å². The molecular weight excluding hydrogens is 1350 g/mol. The summed E-state index contributed by atoms with van der Waals surface area (Å²) >= 11 is 11.3. The standard InChI is InChI=1S/C38H24S2.C36H22S4.C22H16/c1-3-7-31-21-25(13-17-29(31)5-1)9-11-27-15-19-33-35(23-27)39-38-34-20-16-28(24-36(34)40-37(33)38)12-10-26-14-18-30-6-2-4-8-32(30)22-26;1-3-7-25-21-27(11-9-23(25)5-1)29-13-15-31(37-29)33-17-19-35(39-33)36-20-18-34(40-36)32-16-14-30(38-32)28-12-10-24-6-2-4-8-26(24)22-28;1-3-7-21-15-17(11-13-19(21)5-1)9-10-18-12-14-20-6-2-4-8-22(20)16-18/h1-24H;1-22H;1-16H/b11-9+,12-10+;;10-9+. The van der Waals surface area contributed by atoms with Gasteiger partial charge >= 0.3 is 0 Å². The summed E-state index contributed by atoms with van der Waals surface area (Å²) in [6.45, 7) is 0. The van der Waals surface area contributed by atoms with Gasteiger partial charge in [-0.15, -0.1) is 68.0 Å². The van der Waals surface area contributed by atoms with Crippen LogP contribution in [0.5, 0.6) is 0 Å². The largest absolute Gasteiger partial charge is 0.134 e. The van der Waals surface area contributed by atoms with Gasteiger partial charge in [0.1, 0.15) is 0 Å². The molecule has 102 heavy (non-hydrogen) atoms. The van der Waals surface area contributed by atoms with Crippen LogP contribution in [0.2, 0.25) is 0 Å². The Balaban J connectivity index is 0.000000115. The minimum Gasteiger partial charge on any atom is -0.134 e. The number of benzene rings is 14. The molecule has 20 rings (SSSR count). The SMILES string of the molecule is C(=C\c1ccc2c(c1)sc1c3ccc(/C=C/c4ccc5ccccc5c4)cc3sc21)/c1ccc2ccccc2c1.C(=C\c1ccc2ccccc2c1)/c1ccc2ccccc2c1.c1ccc2cc(-c3ccc(-c4ccc(-c5ccc(-c6ccc(-c7ccc8ccccc8c7)s6)s5)s4)s3)ccc2c1. The van der Waals surface area contributed by atoms with Crippen LogP contribution in [0.25, 0.3) is 181 Å². The summed E-state index contributed by atoms with van der Waals surface area (Å²) in [4.78, 5) is 10.6. The molecular formula is C96H62S6. The van der Waals surface area contributed by atoms with Gasteiger partial charge < -0.3 is 0 Å². The van der Waals surface area contributed by atoms with E-state index in [1.165, 1.54) is 178 Å². The predicted molar refractivity (Wildman–Crippen MR) is 457 cm³/mol. The summed E-state index contributed by atoms with van der Waals surface area (Å²) in [5.41, 5.74) is 9.95. The lowest BCUT2D eigenvalue weighted by Crippen LogP contribution is -1.77. The van der Waals surface area contributed by atoms with E-state index in [9.17, 15) is 0 Å². The molecule has 0 bridgehead atoms. The topological polar surface area (TPSA) is 0 Å². The van der Waals surface area contributed by atoms with E-state index in [0.717, 1.165) is 0 Å². The van der Waals surface area contributed by atoms with Crippen molar-refractivity contribution < 1.29 is 0 Å². The summed E-state index contributed by atoms with van der Waals surface area (Å²) in [6, 6.07) is 123. The van der Waals surface area contributed by atoms with Crippen molar-refractivity contribution in [2.24, 2.45) is 0 Å². The van der Waals surface area contributed by atoms with E-state index in [4.69, 9.17) is 0 Å². The molecule has 0 fully saturated rings. The molecule has 6 heterocycles. The minimum absolute atomic E-state index is 1.22. The maximum absolute atomic E-state index is 2.33. The zero-order valence-corrected chi connectivity index (χ0v) is 60.1. The fourth-order valence-corrected chi connectivity index (χ4v) is 20.5. The van der Waals surface area contributed by atoms with Crippen molar-refractivity contribution in [1.29, 1.82) is 0 Å². The maximum atomic E-state index is 2.33. The third-order valence-electron chi connectivity index (χ3n) is 18.9. The fraction of sp³-hybridized carbons (Fsp3) is 0. The van der Waals surface area contributed by atoms with Gasteiger partial charge in [0.15, 0.2) is 0 Å². The second-order valence-corrected chi connectivity index (χ2v) is 32.0. The van der Waals surface area contributed by atoms with Gasteiger partial charge in [-0.05, 0) is 206 Å². The molecule has 482 valence electrons. The highest BCUT2D eigenvalue weighted by Crippen LogP contribution is 2.47. The molecule has 0 radical (unpaired) electrons. The van der Waals surface area contributed by atoms with Crippen molar-refractivity contribution in [3.8, 4) is 50.1 Å². The van der Waals surface area contributed by atoms with Crippen molar-refractivity contribution in [3.05, 3.63) is 373 Å². The average molecular weight is 1410 g/mol. The molecule has 0 nitrogen and oxygen atoms in total. The van der Waals surface area contributed by atoms with Gasteiger partial charge in [0, 0.05) is 59.2 Å². The molecule has 0 aliphatic rings. The Labute approximate surface area is 616 Å². The monoisotopic (exact) mass is 1410 g/mol. The van der Waals surface area contributed by atoms with Gasteiger partial charge in [-0.2, -0.15) is 0 Å². The smallest absolute Gasteiger partial charge is 0.0542 e. The van der Waals surface area contributed by atoms with Crippen molar-refractivity contribution >= 4 is 199 Å². The molecule has 14 aromatic carbocycles. The molecule has 0 saturated carbocycles. The van der Waals surface area contributed by atoms with E-state index in [-0.39, 0.29) is 0 Å². The first kappa shape index (κ1) is 63.0. The quantitative estimate of drug-likeness (QED) is 0.113. The normalized spacial score (nSPS) is 11.8. The number of hydrogen-bond donors (Lipinski definition) is 0. The van der Waals surface area contributed by atoms with Crippen LogP contribution in [0, 0.1) is 0 Å².